The second kappa shape index (κ2) is 8.51. The Labute approximate surface area is 180 Å². The van der Waals surface area contributed by atoms with Crippen molar-refractivity contribution in [3.8, 4) is 5.75 Å². The van der Waals surface area contributed by atoms with E-state index in [0.717, 1.165) is 4.90 Å². The van der Waals surface area contributed by atoms with Crippen LogP contribution in [-0.2, 0) is 14.3 Å². The number of nitrogens with zero attached hydrogens (tertiary/aromatic N) is 2. The number of imide groups is 1. The summed E-state index contributed by atoms with van der Waals surface area (Å²) >= 11 is 0. The van der Waals surface area contributed by atoms with E-state index in [1.807, 2.05) is 25.7 Å². The molecule has 0 saturated carbocycles. The van der Waals surface area contributed by atoms with E-state index in [0.29, 0.717) is 42.4 Å². The van der Waals surface area contributed by atoms with Gasteiger partial charge in [-0.2, -0.15) is 0 Å². The molecule has 162 valence electrons. The number of carbonyl (C=O) groups is 2. The van der Waals surface area contributed by atoms with E-state index in [1.54, 1.807) is 24.3 Å². The summed E-state index contributed by atoms with van der Waals surface area (Å²) in [5, 5.41) is 0. The summed E-state index contributed by atoms with van der Waals surface area (Å²) in [6, 6.07) is 12.6. The summed E-state index contributed by atoms with van der Waals surface area (Å²) in [6.45, 7) is 7.06. The van der Waals surface area contributed by atoms with Crippen LogP contribution in [0.15, 0.2) is 54.2 Å². The van der Waals surface area contributed by atoms with Crippen LogP contribution in [0.2, 0.25) is 0 Å². The van der Waals surface area contributed by atoms with Crippen LogP contribution in [0.1, 0.15) is 26.3 Å². The van der Waals surface area contributed by atoms with Crippen molar-refractivity contribution in [3.05, 3.63) is 65.6 Å². The van der Waals surface area contributed by atoms with Gasteiger partial charge in [-0.1, -0.05) is 24.3 Å². The van der Waals surface area contributed by atoms with Crippen LogP contribution in [0, 0.1) is 5.82 Å². The molecule has 2 atom stereocenters. The van der Waals surface area contributed by atoms with Gasteiger partial charge in [0.2, 0.25) is 0 Å². The topological polar surface area (TPSA) is 59.1 Å². The lowest BCUT2D eigenvalue weighted by atomic mass is 10.0. The molecule has 6 nitrogen and oxygen atoms in total. The summed E-state index contributed by atoms with van der Waals surface area (Å²) in [5.41, 5.74) is 1.46. The largest absolute Gasteiger partial charge is 0.492 e. The number of halogens is 1. The maximum absolute atomic E-state index is 13.7. The Balaban J connectivity index is 1.84. The van der Waals surface area contributed by atoms with E-state index < -0.39 is 17.6 Å². The molecule has 0 N–H and O–H groups in total. The zero-order chi connectivity index (χ0) is 22.1. The smallest absolute Gasteiger partial charge is 0.282 e. The van der Waals surface area contributed by atoms with Crippen LogP contribution in [-0.4, -0.2) is 48.6 Å². The van der Waals surface area contributed by atoms with Crippen LogP contribution >= 0.6 is 0 Å². The van der Waals surface area contributed by atoms with Crippen molar-refractivity contribution < 1.29 is 23.5 Å². The molecular weight excluding hydrogens is 399 g/mol. The molecule has 0 spiro atoms. The van der Waals surface area contributed by atoms with Crippen molar-refractivity contribution in [1.29, 1.82) is 0 Å². The van der Waals surface area contributed by atoms with Gasteiger partial charge in [0.25, 0.3) is 11.8 Å². The number of morpholine rings is 1. The predicted octanol–water partition coefficient (Wildman–Crippen LogP) is 3.62. The average Bonchev–Trinajstić information content (AvgIpc) is 2.99. The van der Waals surface area contributed by atoms with Gasteiger partial charge in [0.1, 0.15) is 17.3 Å². The highest BCUT2D eigenvalue weighted by Crippen LogP contribution is 2.39. The Bertz CT molecular complexity index is 1020. The number of hydrogen-bond acceptors (Lipinski definition) is 5. The molecule has 0 radical (unpaired) electrons. The molecule has 0 bridgehead atoms. The third-order valence-electron chi connectivity index (χ3n) is 5.33. The average molecular weight is 424 g/mol. The number of para-hydroxylation sites is 2. The van der Waals surface area contributed by atoms with E-state index in [1.165, 1.54) is 24.3 Å². The molecule has 2 aliphatic rings. The minimum absolute atomic E-state index is 0.0987. The number of rotatable bonds is 5. The molecule has 2 aromatic carbocycles. The van der Waals surface area contributed by atoms with Gasteiger partial charge >= 0.3 is 0 Å². The van der Waals surface area contributed by atoms with Gasteiger partial charge in [-0.25, -0.2) is 9.29 Å². The molecule has 2 unspecified atom stereocenters. The molecule has 0 aromatic heterocycles. The first kappa shape index (κ1) is 21.1. The minimum atomic E-state index is -0.453. The molecule has 1 saturated heterocycles. The van der Waals surface area contributed by atoms with E-state index in [4.69, 9.17) is 9.47 Å². The van der Waals surface area contributed by atoms with E-state index in [2.05, 4.69) is 0 Å². The molecule has 31 heavy (non-hydrogen) atoms. The summed E-state index contributed by atoms with van der Waals surface area (Å²) in [5.74, 6) is -0.826. The highest BCUT2D eigenvalue weighted by Gasteiger charge is 2.44. The Kier molecular flexibility index (Phi) is 5.78. The second-order valence-electron chi connectivity index (χ2n) is 7.74. The quantitative estimate of drug-likeness (QED) is 0.687. The predicted molar refractivity (Wildman–Crippen MR) is 115 cm³/mol. The van der Waals surface area contributed by atoms with Gasteiger partial charge in [0.05, 0.1) is 30.1 Å². The lowest BCUT2D eigenvalue weighted by molar-refractivity contribution is -0.121. The second-order valence-corrected chi connectivity index (χ2v) is 7.74. The molecule has 2 aliphatic heterocycles. The van der Waals surface area contributed by atoms with Crippen molar-refractivity contribution in [2.24, 2.45) is 0 Å². The van der Waals surface area contributed by atoms with Crippen LogP contribution < -0.4 is 9.64 Å². The molecular formula is C24H25FN2O4. The Morgan fingerprint density at radius 2 is 1.65 bits per heavy atom. The molecule has 1 fully saturated rings. The SMILES string of the molecule is CCOc1ccccc1N1C(=O)C(c2ccc(F)cc2)=C(N2CC(C)OC(C)C2)C1=O. The first-order valence-corrected chi connectivity index (χ1v) is 10.4. The van der Waals surface area contributed by atoms with Crippen molar-refractivity contribution in [2.75, 3.05) is 24.6 Å². The van der Waals surface area contributed by atoms with Gasteiger partial charge in [-0.3, -0.25) is 9.59 Å². The molecule has 0 aliphatic carbocycles. The van der Waals surface area contributed by atoms with E-state index in [9.17, 15) is 14.0 Å². The summed E-state index contributed by atoms with van der Waals surface area (Å²) < 4.78 is 25.0. The van der Waals surface area contributed by atoms with Crippen molar-refractivity contribution in [3.63, 3.8) is 0 Å². The Morgan fingerprint density at radius 1 is 1.00 bits per heavy atom. The fourth-order valence-electron chi connectivity index (χ4n) is 4.19. The van der Waals surface area contributed by atoms with Gasteiger partial charge in [-0.15, -0.1) is 0 Å². The first-order valence-electron chi connectivity index (χ1n) is 10.4. The lowest BCUT2D eigenvalue weighted by Gasteiger charge is -2.37. The molecule has 4 rings (SSSR count). The van der Waals surface area contributed by atoms with Crippen molar-refractivity contribution in [2.45, 2.75) is 33.0 Å². The number of carbonyl (C=O) groups excluding carboxylic acids is 2. The summed E-state index contributed by atoms with van der Waals surface area (Å²) in [4.78, 5) is 30.3. The zero-order valence-corrected chi connectivity index (χ0v) is 17.8. The monoisotopic (exact) mass is 424 g/mol. The first-order chi connectivity index (χ1) is 14.9. The van der Waals surface area contributed by atoms with E-state index >= 15 is 0 Å². The van der Waals surface area contributed by atoms with Gasteiger partial charge in [0.15, 0.2) is 0 Å². The molecule has 7 heteroatoms. The summed E-state index contributed by atoms with van der Waals surface area (Å²) in [7, 11) is 0. The van der Waals surface area contributed by atoms with Gasteiger partial charge in [0, 0.05) is 13.1 Å². The highest BCUT2D eigenvalue weighted by atomic mass is 19.1. The number of anilines is 1. The fraction of sp³-hybridized carbons (Fsp3) is 0.333. The van der Waals surface area contributed by atoms with Crippen molar-refractivity contribution >= 4 is 23.1 Å². The van der Waals surface area contributed by atoms with Crippen molar-refractivity contribution in [1.82, 2.24) is 4.90 Å². The number of amides is 2. The summed E-state index contributed by atoms with van der Waals surface area (Å²) in [6.07, 6.45) is -0.197. The lowest BCUT2D eigenvalue weighted by Crippen LogP contribution is -2.47. The zero-order valence-electron chi connectivity index (χ0n) is 17.8. The third kappa shape index (κ3) is 3.93. The fourth-order valence-corrected chi connectivity index (χ4v) is 4.19. The van der Waals surface area contributed by atoms with Gasteiger partial charge < -0.3 is 14.4 Å². The van der Waals surface area contributed by atoms with Gasteiger partial charge in [-0.05, 0) is 50.6 Å². The Morgan fingerprint density at radius 3 is 2.29 bits per heavy atom. The van der Waals surface area contributed by atoms with Crippen LogP contribution in [0.25, 0.3) is 5.57 Å². The number of benzene rings is 2. The van der Waals surface area contributed by atoms with Crippen LogP contribution in [0.4, 0.5) is 10.1 Å². The number of ether oxygens (including phenoxy) is 2. The Hall–Kier alpha value is -3.19. The van der Waals surface area contributed by atoms with Crippen LogP contribution in [0.5, 0.6) is 5.75 Å². The minimum Gasteiger partial charge on any atom is -0.492 e. The maximum atomic E-state index is 13.7. The third-order valence-corrected chi connectivity index (χ3v) is 5.33. The number of hydrogen-bond donors (Lipinski definition) is 0. The maximum Gasteiger partial charge on any atom is 0.282 e. The highest BCUT2D eigenvalue weighted by molar-refractivity contribution is 6.45. The molecule has 2 aromatic rings. The van der Waals surface area contributed by atoms with E-state index in [-0.39, 0.29) is 17.8 Å². The normalized spacial score (nSPS) is 21.8. The molecule has 2 heterocycles. The standard InChI is InChI=1S/C24H25FN2O4/c1-4-30-20-8-6-5-7-19(20)27-23(28)21(17-9-11-18(25)12-10-17)22(24(27)29)26-13-15(2)31-16(3)14-26/h5-12,15-16H,4,13-14H2,1-3H3. The van der Waals surface area contributed by atoms with Crippen LogP contribution in [0.3, 0.4) is 0 Å². The molecule has 2 amide bonds.